The number of carbonyl (C=O) groups excluding carboxylic acids is 1. The van der Waals surface area contributed by atoms with Gasteiger partial charge in [-0.2, -0.15) is 4.98 Å². The van der Waals surface area contributed by atoms with Crippen molar-refractivity contribution in [3.63, 3.8) is 0 Å². The number of anilines is 2. The highest BCUT2D eigenvalue weighted by molar-refractivity contribution is 5.95. The Bertz CT molecular complexity index is 1130. The first-order chi connectivity index (χ1) is 15.3. The van der Waals surface area contributed by atoms with Crippen LogP contribution < -0.4 is 20.7 Å². The number of aromatic nitrogens is 3. The van der Waals surface area contributed by atoms with E-state index in [1.807, 2.05) is 26.8 Å². The van der Waals surface area contributed by atoms with Crippen LogP contribution in [0.3, 0.4) is 0 Å². The van der Waals surface area contributed by atoms with Gasteiger partial charge < -0.3 is 24.8 Å². The fraction of sp³-hybridized carbons (Fsp3) is 0.565. The summed E-state index contributed by atoms with van der Waals surface area (Å²) in [5.74, 6) is 1.13. The summed E-state index contributed by atoms with van der Waals surface area (Å²) >= 11 is 0. The fourth-order valence-corrected chi connectivity index (χ4v) is 4.93. The number of aromatic amines is 1. The summed E-state index contributed by atoms with van der Waals surface area (Å²) in [5, 5.41) is 2.91. The van der Waals surface area contributed by atoms with Crippen LogP contribution in [0.15, 0.2) is 10.9 Å². The second-order valence-electron chi connectivity index (χ2n) is 9.22. The highest BCUT2D eigenvalue weighted by Gasteiger charge is 2.49. The molecule has 3 aliphatic rings. The minimum absolute atomic E-state index is 0.150. The summed E-state index contributed by atoms with van der Waals surface area (Å²) < 4.78 is 5.53. The molecule has 2 aromatic heterocycles. The van der Waals surface area contributed by atoms with E-state index in [9.17, 15) is 9.59 Å². The molecule has 0 aromatic carbocycles. The molecule has 0 saturated carbocycles. The van der Waals surface area contributed by atoms with Crippen LogP contribution in [0, 0.1) is 20.8 Å². The predicted molar refractivity (Wildman–Crippen MR) is 121 cm³/mol. The minimum Gasteiger partial charge on any atom is -0.372 e. The van der Waals surface area contributed by atoms with Crippen molar-refractivity contribution in [2.45, 2.75) is 65.3 Å². The Kier molecular flexibility index (Phi) is 5.16. The molecule has 3 aliphatic heterocycles. The van der Waals surface area contributed by atoms with Gasteiger partial charge >= 0.3 is 0 Å². The average Bonchev–Trinajstić information content (AvgIpc) is 3.15. The second-order valence-corrected chi connectivity index (χ2v) is 9.22. The molecule has 3 atom stereocenters. The Morgan fingerprint density at radius 1 is 1.28 bits per heavy atom. The smallest absolute Gasteiger partial charge is 0.270 e. The van der Waals surface area contributed by atoms with Gasteiger partial charge in [-0.15, -0.1) is 0 Å². The zero-order valence-corrected chi connectivity index (χ0v) is 19.1. The van der Waals surface area contributed by atoms with Crippen molar-refractivity contribution in [3.8, 4) is 0 Å². The maximum absolute atomic E-state index is 13.2. The lowest BCUT2D eigenvalue weighted by atomic mass is 9.95. The molecular weight excluding hydrogens is 408 g/mol. The lowest BCUT2D eigenvalue weighted by Gasteiger charge is -2.54. The number of pyridine rings is 1. The van der Waals surface area contributed by atoms with Crippen LogP contribution in [0.25, 0.3) is 0 Å². The van der Waals surface area contributed by atoms with Crippen molar-refractivity contribution in [1.82, 2.24) is 20.3 Å². The van der Waals surface area contributed by atoms with Crippen LogP contribution >= 0.6 is 0 Å². The number of carbonyl (C=O) groups is 1. The molecular formula is C23H30N6O3. The SMILES string of the molecule is Cc1cc(C)c(CNC(=O)c2nc(N3C[C@H]4OCC43)nc(N3CCC[C@@H]3C)c2C)c(=O)[nH]1. The molecule has 170 valence electrons. The Labute approximate surface area is 187 Å². The van der Waals surface area contributed by atoms with Crippen molar-refractivity contribution < 1.29 is 9.53 Å². The summed E-state index contributed by atoms with van der Waals surface area (Å²) in [7, 11) is 0. The molecule has 3 fully saturated rings. The number of ether oxygens (including phenoxy) is 1. The van der Waals surface area contributed by atoms with E-state index >= 15 is 0 Å². The molecule has 0 spiro atoms. The predicted octanol–water partition coefficient (Wildman–Crippen LogP) is 1.60. The molecule has 5 heterocycles. The van der Waals surface area contributed by atoms with Crippen LogP contribution in [-0.2, 0) is 11.3 Å². The Morgan fingerprint density at radius 3 is 2.69 bits per heavy atom. The monoisotopic (exact) mass is 438 g/mol. The van der Waals surface area contributed by atoms with E-state index in [-0.39, 0.29) is 24.1 Å². The molecule has 2 N–H and O–H groups in total. The number of aryl methyl sites for hydroxylation is 2. The topological polar surface area (TPSA) is 103 Å². The van der Waals surface area contributed by atoms with Gasteiger partial charge in [0.2, 0.25) is 5.95 Å². The van der Waals surface area contributed by atoms with E-state index in [0.29, 0.717) is 35.9 Å². The third-order valence-electron chi connectivity index (χ3n) is 7.01. The first kappa shape index (κ1) is 20.9. The summed E-state index contributed by atoms with van der Waals surface area (Å²) in [6.45, 7) is 10.3. The van der Waals surface area contributed by atoms with Gasteiger partial charge in [0, 0.05) is 42.5 Å². The molecule has 0 aliphatic carbocycles. The number of rotatable bonds is 5. The van der Waals surface area contributed by atoms with Crippen LogP contribution in [0.2, 0.25) is 0 Å². The highest BCUT2D eigenvalue weighted by Crippen LogP contribution is 2.36. The van der Waals surface area contributed by atoms with Gasteiger partial charge in [-0.05, 0) is 52.2 Å². The van der Waals surface area contributed by atoms with E-state index < -0.39 is 0 Å². The zero-order chi connectivity index (χ0) is 22.6. The molecule has 1 amide bonds. The largest absolute Gasteiger partial charge is 0.372 e. The Hall–Kier alpha value is -2.94. The zero-order valence-electron chi connectivity index (χ0n) is 19.1. The van der Waals surface area contributed by atoms with Crippen molar-refractivity contribution in [2.24, 2.45) is 0 Å². The number of morpholine rings is 1. The number of amides is 1. The van der Waals surface area contributed by atoms with Gasteiger partial charge in [-0.3, -0.25) is 9.59 Å². The lowest BCUT2D eigenvalue weighted by molar-refractivity contribution is -0.114. The molecule has 32 heavy (non-hydrogen) atoms. The minimum atomic E-state index is -0.291. The summed E-state index contributed by atoms with van der Waals surface area (Å²) in [5.41, 5.74) is 3.18. The molecule has 3 saturated heterocycles. The molecule has 9 heteroatoms. The fourth-order valence-electron chi connectivity index (χ4n) is 4.93. The quantitative estimate of drug-likeness (QED) is 0.731. The Balaban J connectivity index is 1.45. The summed E-state index contributed by atoms with van der Waals surface area (Å²) in [6.07, 6.45) is 2.47. The average molecular weight is 439 g/mol. The van der Waals surface area contributed by atoms with Gasteiger partial charge in [0.1, 0.15) is 11.5 Å². The maximum Gasteiger partial charge on any atom is 0.270 e. The second kappa shape index (κ2) is 7.88. The number of fused-ring (bicyclic) bond motifs is 1. The summed E-state index contributed by atoms with van der Waals surface area (Å²) in [6, 6.07) is 2.58. The first-order valence-electron chi connectivity index (χ1n) is 11.3. The van der Waals surface area contributed by atoms with Crippen molar-refractivity contribution in [3.05, 3.63) is 44.5 Å². The Morgan fingerprint density at radius 2 is 2.09 bits per heavy atom. The van der Waals surface area contributed by atoms with E-state index in [2.05, 4.69) is 32.0 Å². The highest BCUT2D eigenvalue weighted by atomic mass is 16.5. The van der Waals surface area contributed by atoms with Crippen LogP contribution in [0.4, 0.5) is 11.8 Å². The molecule has 9 nitrogen and oxygen atoms in total. The van der Waals surface area contributed by atoms with Gasteiger partial charge in [0.25, 0.3) is 11.5 Å². The van der Waals surface area contributed by atoms with Crippen LogP contribution in [0.5, 0.6) is 0 Å². The standard InChI is InChI=1S/C23H30N6O3/c1-12-8-13(2)25-21(30)16(12)9-24-22(31)19-15(4)20(28-7-5-6-14(28)3)27-23(26-19)29-10-18-17(29)11-32-18/h8,14,17-18H,5-7,9-11H2,1-4H3,(H,24,31)(H,25,30)/t14-,17?,18+/m0/s1. The van der Waals surface area contributed by atoms with Gasteiger partial charge in [0.05, 0.1) is 18.8 Å². The molecule has 2 aromatic rings. The maximum atomic E-state index is 13.2. The van der Waals surface area contributed by atoms with E-state index in [1.165, 1.54) is 0 Å². The normalized spacial score (nSPS) is 24.1. The summed E-state index contributed by atoms with van der Waals surface area (Å²) in [4.78, 5) is 42.4. The number of hydrogen-bond donors (Lipinski definition) is 2. The molecule has 5 rings (SSSR count). The third-order valence-corrected chi connectivity index (χ3v) is 7.01. The number of nitrogens with zero attached hydrogens (tertiary/aromatic N) is 4. The van der Waals surface area contributed by atoms with Gasteiger partial charge in [-0.1, -0.05) is 0 Å². The number of hydrogen-bond acceptors (Lipinski definition) is 7. The van der Waals surface area contributed by atoms with Crippen LogP contribution in [-0.4, -0.2) is 58.7 Å². The number of H-pyrrole nitrogens is 1. The van der Waals surface area contributed by atoms with Crippen LogP contribution in [0.1, 0.15) is 52.6 Å². The van der Waals surface area contributed by atoms with Gasteiger partial charge in [0.15, 0.2) is 0 Å². The van der Waals surface area contributed by atoms with Crippen molar-refractivity contribution >= 4 is 17.7 Å². The van der Waals surface area contributed by atoms with Crippen molar-refractivity contribution in [2.75, 3.05) is 29.5 Å². The lowest BCUT2D eigenvalue weighted by Crippen LogP contribution is -2.71. The molecule has 0 bridgehead atoms. The third kappa shape index (κ3) is 3.44. The molecule has 1 unspecified atom stereocenters. The van der Waals surface area contributed by atoms with Crippen molar-refractivity contribution in [1.29, 1.82) is 0 Å². The van der Waals surface area contributed by atoms with E-state index in [0.717, 1.165) is 48.6 Å². The van der Waals surface area contributed by atoms with E-state index in [4.69, 9.17) is 9.72 Å². The van der Waals surface area contributed by atoms with E-state index in [1.54, 1.807) is 0 Å². The van der Waals surface area contributed by atoms with Gasteiger partial charge in [-0.25, -0.2) is 4.98 Å². The number of nitrogens with one attached hydrogen (secondary N) is 2. The molecule has 0 radical (unpaired) electrons. The first-order valence-corrected chi connectivity index (χ1v) is 11.3.